The molecule has 1 aromatic rings. The van der Waals surface area contributed by atoms with Crippen molar-refractivity contribution in [2.45, 2.75) is 44.8 Å². The van der Waals surface area contributed by atoms with Crippen LogP contribution in [-0.4, -0.2) is 29.0 Å². The van der Waals surface area contributed by atoms with Gasteiger partial charge in [-0.3, -0.25) is 4.68 Å². The van der Waals surface area contributed by atoms with E-state index >= 15 is 0 Å². The molecule has 0 aromatic carbocycles. The Morgan fingerprint density at radius 1 is 1.50 bits per heavy atom. The molecule has 4 nitrogen and oxygen atoms in total. The van der Waals surface area contributed by atoms with Gasteiger partial charge in [0.15, 0.2) is 0 Å². The molecule has 2 atom stereocenters. The second-order valence-corrected chi connectivity index (χ2v) is 4.29. The Balaban J connectivity index is 2.36. The van der Waals surface area contributed by atoms with E-state index < -0.39 is 0 Å². The number of rotatable bonds is 7. The van der Waals surface area contributed by atoms with Crippen LogP contribution in [0.2, 0.25) is 0 Å². The first kappa shape index (κ1) is 13.2. The molecule has 0 amide bonds. The highest BCUT2D eigenvalue weighted by Crippen LogP contribution is 2.11. The fraction of sp³-hybridized carbons (Fsp3) is 0.750. The summed E-state index contributed by atoms with van der Waals surface area (Å²) in [6.07, 6.45) is 8.18. The largest absolute Gasteiger partial charge is 0.380 e. The van der Waals surface area contributed by atoms with Crippen LogP contribution in [0.1, 0.15) is 31.7 Å². The zero-order chi connectivity index (χ0) is 12.0. The van der Waals surface area contributed by atoms with Crippen LogP contribution in [-0.2, 0) is 18.2 Å². The number of hydrogen-bond acceptors (Lipinski definition) is 3. The lowest BCUT2D eigenvalue weighted by Gasteiger charge is -2.21. The maximum absolute atomic E-state index is 6.12. The number of nitrogens with zero attached hydrogens (tertiary/aromatic N) is 2. The number of aryl methyl sites for hydroxylation is 2. The van der Waals surface area contributed by atoms with Crippen molar-refractivity contribution in [3.8, 4) is 0 Å². The molecule has 1 aromatic heterocycles. The number of methoxy groups -OCH3 is 1. The number of ether oxygens (including phenoxy) is 1. The van der Waals surface area contributed by atoms with Gasteiger partial charge < -0.3 is 10.5 Å². The minimum absolute atomic E-state index is 0.116. The van der Waals surface area contributed by atoms with Crippen LogP contribution in [0.15, 0.2) is 12.4 Å². The molecule has 0 saturated carbocycles. The van der Waals surface area contributed by atoms with Crippen LogP contribution in [0, 0.1) is 0 Å². The van der Waals surface area contributed by atoms with Crippen LogP contribution < -0.4 is 5.73 Å². The van der Waals surface area contributed by atoms with E-state index in [4.69, 9.17) is 10.5 Å². The number of aromatic nitrogens is 2. The molecule has 16 heavy (non-hydrogen) atoms. The molecule has 1 rings (SSSR count). The zero-order valence-corrected chi connectivity index (χ0v) is 10.5. The summed E-state index contributed by atoms with van der Waals surface area (Å²) in [5.74, 6) is 0. The van der Waals surface area contributed by atoms with Crippen molar-refractivity contribution in [2.24, 2.45) is 12.8 Å². The van der Waals surface area contributed by atoms with Gasteiger partial charge in [-0.25, -0.2) is 0 Å². The molecule has 2 N–H and O–H groups in total. The second-order valence-electron chi connectivity index (χ2n) is 4.29. The van der Waals surface area contributed by atoms with Crippen LogP contribution in [0.5, 0.6) is 0 Å². The predicted molar refractivity (Wildman–Crippen MR) is 65.2 cm³/mol. The van der Waals surface area contributed by atoms with Crippen LogP contribution in [0.3, 0.4) is 0 Å². The van der Waals surface area contributed by atoms with Crippen molar-refractivity contribution in [1.29, 1.82) is 0 Å². The summed E-state index contributed by atoms with van der Waals surface area (Å²) in [5.41, 5.74) is 7.36. The summed E-state index contributed by atoms with van der Waals surface area (Å²) < 4.78 is 7.22. The Bertz CT molecular complexity index is 298. The highest BCUT2D eigenvalue weighted by Gasteiger charge is 2.16. The number of hydrogen-bond donors (Lipinski definition) is 1. The van der Waals surface area contributed by atoms with Crippen molar-refractivity contribution in [1.82, 2.24) is 9.78 Å². The lowest BCUT2D eigenvalue weighted by molar-refractivity contribution is 0.0703. The lowest BCUT2D eigenvalue weighted by Crippen LogP contribution is -2.36. The van der Waals surface area contributed by atoms with Crippen molar-refractivity contribution < 1.29 is 4.74 Å². The van der Waals surface area contributed by atoms with Crippen LogP contribution >= 0.6 is 0 Å². The van der Waals surface area contributed by atoms with E-state index in [2.05, 4.69) is 12.0 Å². The maximum Gasteiger partial charge on any atom is 0.0722 e. The molecule has 0 spiro atoms. The highest BCUT2D eigenvalue weighted by molar-refractivity contribution is 5.04. The Kier molecular flexibility index (Phi) is 5.49. The van der Waals surface area contributed by atoms with Gasteiger partial charge in [0.05, 0.1) is 12.3 Å². The fourth-order valence-electron chi connectivity index (χ4n) is 1.91. The summed E-state index contributed by atoms with van der Waals surface area (Å²) >= 11 is 0. The fourth-order valence-corrected chi connectivity index (χ4v) is 1.91. The van der Waals surface area contributed by atoms with E-state index in [0.717, 1.165) is 25.7 Å². The lowest BCUT2D eigenvalue weighted by atomic mass is 10.0. The van der Waals surface area contributed by atoms with E-state index in [1.807, 2.05) is 24.1 Å². The molecular weight excluding hydrogens is 202 g/mol. The second kappa shape index (κ2) is 6.66. The first-order valence-electron chi connectivity index (χ1n) is 5.93. The van der Waals surface area contributed by atoms with Crippen molar-refractivity contribution >= 4 is 0 Å². The molecule has 0 saturated heterocycles. The zero-order valence-electron chi connectivity index (χ0n) is 10.5. The average molecular weight is 225 g/mol. The summed E-state index contributed by atoms with van der Waals surface area (Å²) in [5, 5.41) is 4.14. The summed E-state index contributed by atoms with van der Waals surface area (Å²) in [7, 11) is 3.67. The van der Waals surface area contributed by atoms with E-state index in [1.165, 1.54) is 5.56 Å². The smallest absolute Gasteiger partial charge is 0.0722 e. The topological polar surface area (TPSA) is 53.1 Å². The monoisotopic (exact) mass is 225 g/mol. The summed E-state index contributed by atoms with van der Waals surface area (Å²) in [6.45, 7) is 2.15. The summed E-state index contributed by atoms with van der Waals surface area (Å²) in [4.78, 5) is 0. The molecule has 0 radical (unpaired) electrons. The maximum atomic E-state index is 6.12. The normalized spacial score (nSPS) is 15.0. The van der Waals surface area contributed by atoms with Crippen molar-refractivity contribution in [2.75, 3.05) is 7.11 Å². The molecule has 0 aliphatic carbocycles. The SMILES string of the molecule is CCCC(OC)C(N)CCc1cnn(C)c1. The van der Waals surface area contributed by atoms with Gasteiger partial charge in [-0.15, -0.1) is 0 Å². The molecule has 1 heterocycles. The average Bonchev–Trinajstić information content (AvgIpc) is 2.68. The molecule has 0 fully saturated rings. The predicted octanol–water partition coefficient (Wildman–Crippen LogP) is 1.50. The molecular formula is C12H23N3O. The molecule has 92 valence electrons. The Morgan fingerprint density at radius 2 is 2.25 bits per heavy atom. The third kappa shape index (κ3) is 3.94. The minimum atomic E-state index is 0.116. The number of nitrogens with two attached hydrogens (primary N) is 1. The minimum Gasteiger partial charge on any atom is -0.380 e. The van der Waals surface area contributed by atoms with Crippen LogP contribution in [0.25, 0.3) is 0 Å². The third-order valence-corrected chi connectivity index (χ3v) is 2.88. The molecule has 0 aliphatic heterocycles. The highest BCUT2D eigenvalue weighted by atomic mass is 16.5. The van der Waals surface area contributed by atoms with Gasteiger partial charge in [0, 0.05) is 26.4 Å². The van der Waals surface area contributed by atoms with Gasteiger partial charge in [0.25, 0.3) is 0 Å². The van der Waals surface area contributed by atoms with E-state index in [0.29, 0.717) is 0 Å². The van der Waals surface area contributed by atoms with E-state index in [-0.39, 0.29) is 12.1 Å². The first-order chi connectivity index (χ1) is 7.67. The first-order valence-corrected chi connectivity index (χ1v) is 5.93. The van der Waals surface area contributed by atoms with Gasteiger partial charge in [-0.2, -0.15) is 5.10 Å². The van der Waals surface area contributed by atoms with Crippen molar-refractivity contribution in [3.05, 3.63) is 18.0 Å². The van der Waals surface area contributed by atoms with Crippen LogP contribution in [0.4, 0.5) is 0 Å². The summed E-state index contributed by atoms with van der Waals surface area (Å²) in [6, 6.07) is 0.116. The standard InChI is InChI=1S/C12H23N3O/c1-4-5-12(16-3)11(13)7-6-10-8-14-15(2)9-10/h8-9,11-12H,4-7,13H2,1-3H3. The molecule has 2 unspecified atom stereocenters. The van der Waals surface area contributed by atoms with E-state index in [9.17, 15) is 0 Å². The quantitative estimate of drug-likeness (QED) is 0.765. The van der Waals surface area contributed by atoms with Gasteiger partial charge in [0.2, 0.25) is 0 Å². The third-order valence-electron chi connectivity index (χ3n) is 2.88. The van der Waals surface area contributed by atoms with Gasteiger partial charge in [-0.1, -0.05) is 13.3 Å². The van der Waals surface area contributed by atoms with Crippen molar-refractivity contribution in [3.63, 3.8) is 0 Å². The Hall–Kier alpha value is -0.870. The Morgan fingerprint density at radius 3 is 2.75 bits per heavy atom. The van der Waals surface area contributed by atoms with Gasteiger partial charge in [-0.05, 0) is 24.8 Å². The molecule has 0 bridgehead atoms. The molecule has 0 aliphatic rings. The Labute approximate surface area is 97.8 Å². The van der Waals surface area contributed by atoms with Gasteiger partial charge in [0.1, 0.15) is 0 Å². The van der Waals surface area contributed by atoms with E-state index in [1.54, 1.807) is 7.11 Å². The molecule has 4 heteroatoms. The van der Waals surface area contributed by atoms with Gasteiger partial charge >= 0.3 is 0 Å².